The van der Waals surface area contributed by atoms with E-state index in [2.05, 4.69) is 36.4 Å². The molecule has 0 unspecified atom stereocenters. The van der Waals surface area contributed by atoms with E-state index in [1.54, 1.807) is 0 Å². The molecule has 0 aliphatic carbocycles. The minimum atomic E-state index is -2.64. The van der Waals surface area contributed by atoms with Crippen molar-refractivity contribution in [2.45, 2.75) is 65.6 Å². The molecule has 5 nitrogen and oxygen atoms in total. The molecule has 0 aromatic carbocycles. The zero-order chi connectivity index (χ0) is 18.3. The summed E-state index contributed by atoms with van der Waals surface area (Å²) in [4.78, 5) is 0. The van der Waals surface area contributed by atoms with Gasteiger partial charge in [0.2, 0.25) is 0 Å². The first-order valence-electron chi connectivity index (χ1n) is 9.33. The van der Waals surface area contributed by atoms with Gasteiger partial charge in [-0.3, -0.25) is 0 Å². The summed E-state index contributed by atoms with van der Waals surface area (Å²) in [5, 5.41) is 0. The maximum atomic E-state index is 6.22. The molecule has 0 aromatic rings. The van der Waals surface area contributed by atoms with Gasteiger partial charge in [-0.2, -0.15) is 0 Å². The highest BCUT2D eigenvalue weighted by Crippen LogP contribution is 2.29. The van der Waals surface area contributed by atoms with E-state index in [1.807, 2.05) is 20.8 Å². The van der Waals surface area contributed by atoms with Gasteiger partial charge in [-0.25, -0.2) is 0 Å². The Kier molecular flexibility index (Phi) is 15.7. The van der Waals surface area contributed by atoms with Crippen molar-refractivity contribution >= 4 is 40.0 Å². The maximum absolute atomic E-state index is 6.22. The third kappa shape index (κ3) is 9.60. The first-order chi connectivity index (χ1) is 11.6. The molecule has 0 heterocycles. The van der Waals surface area contributed by atoms with Crippen molar-refractivity contribution in [2.75, 3.05) is 37.5 Å². The maximum Gasteiger partial charge on any atom is 0.500 e. The lowest BCUT2D eigenvalue weighted by atomic mass is 10.4. The van der Waals surface area contributed by atoms with Crippen LogP contribution in [0.5, 0.6) is 0 Å². The average Bonchev–Trinajstić information content (AvgIpc) is 2.55. The highest BCUT2D eigenvalue weighted by molar-refractivity contribution is 14.1. The van der Waals surface area contributed by atoms with Crippen LogP contribution in [-0.2, 0) is 22.1 Å². The van der Waals surface area contributed by atoms with Crippen LogP contribution in [0.4, 0.5) is 0 Å². The highest BCUT2D eigenvalue weighted by Gasteiger charge is 2.46. The summed E-state index contributed by atoms with van der Waals surface area (Å²) in [6.45, 7) is 13.3. The van der Waals surface area contributed by atoms with E-state index in [-0.39, 0.29) is 0 Å². The first-order valence-corrected chi connectivity index (χ1v) is 15.0. The second-order valence-electron chi connectivity index (χ2n) is 5.40. The number of rotatable bonds is 17. The summed E-state index contributed by atoms with van der Waals surface area (Å²) in [7, 11) is -4.88. The fourth-order valence-corrected chi connectivity index (χ4v) is 10.9. The van der Waals surface area contributed by atoms with Crippen molar-refractivity contribution in [3.8, 4) is 0 Å². The van der Waals surface area contributed by atoms with Gasteiger partial charge in [0.1, 0.15) is 0 Å². The van der Waals surface area contributed by atoms with Crippen LogP contribution in [0.25, 0.3) is 0 Å². The van der Waals surface area contributed by atoms with Crippen LogP contribution in [0.1, 0.15) is 47.5 Å². The van der Waals surface area contributed by atoms with Crippen molar-refractivity contribution in [2.24, 2.45) is 0 Å². The van der Waals surface area contributed by atoms with Gasteiger partial charge in [-0.15, -0.1) is 0 Å². The van der Waals surface area contributed by atoms with Gasteiger partial charge in [0.15, 0.2) is 0 Å². The molecule has 0 aliphatic rings. The van der Waals surface area contributed by atoms with Crippen LogP contribution in [0.3, 0.4) is 0 Å². The summed E-state index contributed by atoms with van der Waals surface area (Å²) in [6, 6.07) is 2.69. The fourth-order valence-electron chi connectivity index (χ4n) is 2.82. The molecule has 0 saturated carbocycles. The molecule has 0 amide bonds. The standard InChI is InChI=1S/C16H37IO5Si2/c1-6-18-23(19-7-2,14-12-11-13-17)15-16-24(20-8-3,21-9-4)22-10-5/h6-16H2,1-5H3. The molecule has 8 heteroatoms. The lowest BCUT2D eigenvalue weighted by molar-refractivity contribution is 0.0711. The van der Waals surface area contributed by atoms with Crippen molar-refractivity contribution in [3.05, 3.63) is 0 Å². The van der Waals surface area contributed by atoms with E-state index in [4.69, 9.17) is 22.1 Å². The van der Waals surface area contributed by atoms with Crippen molar-refractivity contribution < 1.29 is 22.1 Å². The third-order valence-corrected chi connectivity index (χ3v) is 11.7. The molecule has 0 N–H and O–H groups in total. The molecule has 0 spiro atoms. The van der Waals surface area contributed by atoms with Gasteiger partial charge in [-0.1, -0.05) is 29.0 Å². The number of hydrogen-bond donors (Lipinski definition) is 0. The van der Waals surface area contributed by atoms with E-state index in [9.17, 15) is 0 Å². The molecular formula is C16H37IO5Si2. The Morgan fingerprint density at radius 3 is 1.42 bits per heavy atom. The molecule has 0 fully saturated rings. The van der Waals surface area contributed by atoms with Crippen molar-refractivity contribution in [3.63, 3.8) is 0 Å². The summed E-state index contributed by atoms with van der Waals surface area (Å²) >= 11 is 2.43. The van der Waals surface area contributed by atoms with E-state index in [0.717, 1.165) is 24.6 Å². The van der Waals surface area contributed by atoms with E-state index in [0.29, 0.717) is 33.0 Å². The fraction of sp³-hybridized carbons (Fsp3) is 1.00. The summed E-state index contributed by atoms with van der Waals surface area (Å²) in [5.74, 6) is 0. The predicted molar refractivity (Wildman–Crippen MR) is 112 cm³/mol. The first kappa shape index (κ1) is 25.0. The van der Waals surface area contributed by atoms with Gasteiger partial charge in [-0.05, 0) is 57.6 Å². The Morgan fingerprint density at radius 2 is 1.04 bits per heavy atom. The summed E-state index contributed by atoms with van der Waals surface area (Å²) in [6.07, 6.45) is 2.36. The monoisotopic (exact) mass is 492 g/mol. The zero-order valence-electron chi connectivity index (χ0n) is 16.2. The Hall–Kier alpha value is 0.964. The third-order valence-electron chi connectivity index (χ3n) is 3.66. The molecule has 0 rings (SSSR count). The molecule has 0 atom stereocenters. The largest absolute Gasteiger partial charge is 0.500 e. The Labute approximate surface area is 164 Å². The highest BCUT2D eigenvalue weighted by atomic mass is 127. The smallest absolute Gasteiger partial charge is 0.394 e. The molecule has 0 saturated heterocycles. The Balaban J connectivity index is 5.10. The normalized spacial score (nSPS) is 12.8. The van der Waals surface area contributed by atoms with E-state index >= 15 is 0 Å². The molecule has 0 radical (unpaired) electrons. The van der Waals surface area contributed by atoms with E-state index < -0.39 is 17.4 Å². The Bertz CT molecular complexity index is 275. The van der Waals surface area contributed by atoms with Crippen LogP contribution in [0, 0.1) is 0 Å². The van der Waals surface area contributed by atoms with Crippen molar-refractivity contribution in [1.82, 2.24) is 0 Å². The van der Waals surface area contributed by atoms with Crippen LogP contribution in [-0.4, -0.2) is 54.8 Å². The van der Waals surface area contributed by atoms with Gasteiger partial charge in [0, 0.05) is 39.1 Å². The van der Waals surface area contributed by atoms with Gasteiger partial charge in [0.05, 0.1) is 0 Å². The Morgan fingerprint density at radius 1 is 0.583 bits per heavy atom. The van der Waals surface area contributed by atoms with Crippen LogP contribution >= 0.6 is 22.6 Å². The van der Waals surface area contributed by atoms with Crippen LogP contribution in [0.2, 0.25) is 18.1 Å². The van der Waals surface area contributed by atoms with Gasteiger partial charge >= 0.3 is 17.4 Å². The predicted octanol–water partition coefficient (Wildman–Crippen LogP) is 4.77. The van der Waals surface area contributed by atoms with Gasteiger partial charge < -0.3 is 22.1 Å². The number of hydrogen-bond acceptors (Lipinski definition) is 5. The summed E-state index contributed by atoms with van der Waals surface area (Å²) < 4.78 is 31.6. The minimum Gasteiger partial charge on any atom is -0.394 e. The lowest BCUT2D eigenvalue weighted by Gasteiger charge is -2.34. The lowest BCUT2D eigenvalue weighted by Crippen LogP contribution is -2.50. The van der Waals surface area contributed by atoms with Crippen LogP contribution in [0.15, 0.2) is 0 Å². The minimum absolute atomic E-state index is 0.610. The molecule has 0 aliphatic heterocycles. The van der Waals surface area contributed by atoms with Gasteiger partial charge in [0.25, 0.3) is 0 Å². The second kappa shape index (κ2) is 15.1. The number of alkyl halides is 1. The number of halogens is 1. The molecule has 0 bridgehead atoms. The molecule has 0 aromatic heterocycles. The molecular weight excluding hydrogens is 455 g/mol. The topological polar surface area (TPSA) is 46.2 Å². The number of unbranched alkanes of at least 4 members (excludes halogenated alkanes) is 1. The van der Waals surface area contributed by atoms with E-state index in [1.165, 1.54) is 10.8 Å². The van der Waals surface area contributed by atoms with Crippen LogP contribution < -0.4 is 0 Å². The summed E-state index contributed by atoms with van der Waals surface area (Å²) in [5.41, 5.74) is 0. The zero-order valence-corrected chi connectivity index (χ0v) is 20.4. The molecule has 24 heavy (non-hydrogen) atoms. The molecule has 146 valence electrons. The van der Waals surface area contributed by atoms with Crippen molar-refractivity contribution in [1.29, 1.82) is 0 Å². The quantitative estimate of drug-likeness (QED) is 0.127. The SMILES string of the molecule is CCO[Si](CCCCI)(CC[Si](OCC)(OCC)OCC)OCC. The average molecular weight is 493 g/mol. The second-order valence-corrected chi connectivity index (χ2v) is 12.6.